The number of hydrogen-bond donors (Lipinski definition) is 1. The van der Waals surface area contributed by atoms with Crippen LogP contribution in [0.25, 0.3) is 0 Å². The first-order chi connectivity index (χ1) is 6.95. The summed E-state index contributed by atoms with van der Waals surface area (Å²) in [5, 5.41) is 0.557. The molecule has 1 N–H and O–H groups in total. The lowest BCUT2D eigenvalue weighted by Gasteiger charge is -2.07. The minimum absolute atomic E-state index is 0.172. The van der Waals surface area contributed by atoms with Gasteiger partial charge >= 0.3 is 0 Å². The normalized spacial score (nSPS) is 14.1. The van der Waals surface area contributed by atoms with Gasteiger partial charge in [-0.05, 0) is 13.3 Å². The van der Waals surface area contributed by atoms with Crippen LogP contribution in [0.2, 0.25) is 0 Å². The van der Waals surface area contributed by atoms with E-state index in [0.29, 0.717) is 0 Å². The minimum atomic E-state index is -3.42. The van der Waals surface area contributed by atoms with Gasteiger partial charge in [0.2, 0.25) is 0 Å². The molecule has 0 aliphatic carbocycles. The first-order valence-corrected chi connectivity index (χ1v) is 7.25. The van der Waals surface area contributed by atoms with Crippen LogP contribution in [0.3, 0.4) is 0 Å². The number of hydrogen-bond acceptors (Lipinski definition) is 4. The third-order valence-corrected chi connectivity index (χ3v) is 5.06. The van der Waals surface area contributed by atoms with Gasteiger partial charge in [0.25, 0.3) is 10.0 Å². The van der Waals surface area contributed by atoms with Gasteiger partial charge in [-0.3, -0.25) is 0 Å². The molecule has 1 aromatic heterocycles. The van der Waals surface area contributed by atoms with E-state index in [-0.39, 0.29) is 16.1 Å². The molecule has 0 aromatic carbocycles. The third-order valence-electron chi connectivity index (χ3n) is 1.80. The molecule has 0 aliphatic heterocycles. The van der Waals surface area contributed by atoms with Gasteiger partial charge in [0.1, 0.15) is 0 Å². The van der Waals surface area contributed by atoms with E-state index in [2.05, 4.69) is 9.71 Å². The van der Waals surface area contributed by atoms with E-state index in [4.69, 9.17) is 11.6 Å². The highest BCUT2D eigenvalue weighted by Gasteiger charge is 2.17. The highest BCUT2D eigenvalue weighted by Crippen LogP contribution is 2.17. The van der Waals surface area contributed by atoms with E-state index in [0.717, 1.165) is 22.8 Å². The number of thiazole rings is 1. The van der Waals surface area contributed by atoms with Crippen molar-refractivity contribution in [3.8, 4) is 0 Å². The van der Waals surface area contributed by atoms with Crippen molar-refractivity contribution in [3.05, 3.63) is 11.2 Å². The second-order valence-electron chi connectivity index (χ2n) is 3.06. The SMILES string of the molecule is CCC(Cl)CNS(=O)(=O)c1cnc(C)s1. The van der Waals surface area contributed by atoms with Crippen LogP contribution in [-0.4, -0.2) is 25.3 Å². The number of nitrogens with zero attached hydrogens (tertiary/aromatic N) is 1. The number of sulfonamides is 1. The number of alkyl halides is 1. The van der Waals surface area contributed by atoms with E-state index >= 15 is 0 Å². The number of halogens is 1. The summed E-state index contributed by atoms with van der Waals surface area (Å²) in [5.41, 5.74) is 0. The molecule has 0 amide bonds. The predicted molar refractivity (Wildman–Crippen MR) is 62.0 cm³/mol. The molecule has 15 heavy (non-hydrogen) atoms. The van der Waals surface area contributed by atoms with Gasteiger partial charge in [-0.25, -0.2) is 18.1 Å². The van der Waals surface area contributed by atoms with Crippen molar-refractivity contribution in [1.29, 1.82) is 0 Å². The zero-order valence-corrected chi connectivity index (χ0v) is 10.9. The van der Waals surface area contributed by atoms with Crippen LogP contribution in [-0.2, 0) is 10.0 Å². The fraction of sp³-hybridized carbons (Fsp3) is 0.625. The monoisotopic (exact) mass is 268 g/mol. The molecule has 0 radical (unpaired) electrons. The summed E-state index contributed by atoms with van der Waals surface area (Å²) in [5.74, 6) is 0. The number of aryl methyl sites for hydroxylation is 1. The molecule has 1 heterocycles. The van der Waals surface area contributed by atoms with Crippen molar-refractivity contribution in [2.75, 3.05) is 6.54 Å². The molecule has 0 fully saturated rings. The van der Waals surface area contributed by atoms with Crippen LogP contribution in [0.5, 0.6) is 0 Å². The van der Waals surface area contributed by atoms with Crippen molar-refractivity contribution in [2.45, 2.75) is 29.9 Å². The molecule has 1 rings (SSSR count). The topological polar surface area (TPSA) is 59.1 Å². The quantitative estimate of drug-likeness (QED) is 0.828. The fourth-order valence-electron chi connectivity index (χ4n) is 0.882. The number of aromatic nitrogens is 1. The van der Waals surface area contributed by atoms with Crippen LogP contribution in [0.1, 0.15) is 18.4 Å². The van der Waals surface area contributed by atoms with Crippen molar-refractivity contribution < 1.29 is 8.42 Å². The minimum Gasteiger partial charge on any atom is -0.249 e. The molecule has 0 spiro atoms. The van der Waals surface area contributed by atoms with Crippen LogP contribution in [0, 0.1) is 6.92 Å². The van der Waals surface area contributed by atoms with E-state index in [1.165, 1.54) is 6.20 Å². The Labute approximate surface area is 98.7 Å². The lowest BCUT2D eigenvalue weighted by atomic mass is 10.3. The van der Waals surface area contributed by atoms with Gasteiger partial charge in [-0.2, -0.15) is 0 Å². The molecular weight excluding hydrogens is 256 g/mol. The Hall–Kier alpha value is -0.170. The maximum absolute atomic E-state index is 11.7. The maximum atomic E-state index is 11.7. The standard InChI is InChI=1S/C8H13ClN2O2S2/c1-3-7(9)4-11-15(12,13)8-5-10-6(2)14-8/h5,7,11H,3-4H2,1-2H3. The number of rotatable bonds is 5. The molecule has 7 heteroatoms. The van der Waals surface area contributed by atoms with Gasteiger partial charge in [0.05, 0.1) is 11.2 Å². The molecule has 4 nitrogen and oxygen atoms in total. The molecule has 1 atom stereocenters. The first-order valence-electron chi connectivity index (χ1n) is 4.52. The van der Waals surface area contributed by atoms with Gasteiger partial charge in [0, 0.05) is 11.9 Å². The molecule has 1 aromatic rings. The lowest BCUT2D eigenvalue weighted by Crippen LogP contribution is -2.29. The smallest absolute Gasteiger partial charge is 0.249 e. The molecule has 0 aliphatic rings. The molecular formula is C8H13ClN2O2S2. The van der Waals surface area contributed by atoms with Gasteiger partial charge < -0.3 is 0 Å². The summed E-state index contributed by atoms with van der Waals surface area (Å²) in [6, 6.07) is 0. The summed E-state index contributed by atoms with van der Waals surface area (Å²) >= 11 is 6.97. The van der Waals surface area contributed by atoms with Crippen LogP contribution >= 0.6 is 22.9 Å². The van der Waals surface area contributed by atoms with Crippen molar-refractivity contribution >= 4 is 33.0 Å². The Balaban J connectivity index is 2.68. The average Bonchev–Trinajstić information content (AvgIpc) is 2.62. The van der Waals surface area contributed by atoms with Gasteiger partial charge in [0.15, 0.2) is 4.21 Å². The van der Waals surface area contributed by atoms with Crippen molar-refractivity contribution in [1.82, 2.24) is 9.71 Å². The third kappa shape index (κ3) is 3.71. The van der Waals surface area contributed by atoms with E-state index in [1.54, 1.807) is 6.92 Å². The Bertz CT molecular complexity index is 416. The summed E-state index contributed by atoms with van der Waals surface area (Å²) in [4.78, 5) is 3.90. The second kappa shape index (κ2) is 5.25. The molecule has 0 bridgehead atoms. The van der Waals surface area contributed by atoms with E-state index in [1.807, 2.05) is 6.92 Å². The molecule has 0 saturated carbocycles. The Morgan fingerprint density at radius 1 is 1.67 bits per heavy atom. The highest BCUT2D eigenvalue weighted by atomic mass is 35.5. The van der Waals surface area contributed by atoms with Crippen LogP contribution in [0.15, 0.2) is 10.4 Å². The van der Waals surface area contributed by atoms with Crippen molar-refractivity contribution in [2.24, 2.45) is 0 Å². The zero-order valence-electron chi connectivity index (χ0n) is 8.53. The summed E-state index contributed by atoms with van der Waals surface area (Å²) < 4.78 is 26.0. The largest absolute Gasteiger partial charge is 0.251 e. The summed E-state index contributed by atoms with van der Waals surface area (Å²) in [6.07, 6.45) is 2.09. The molecule has 0 saturated heterocycles. The lowest BCUT2D eigenvalue weighted by molar-refractivity contribution is 0.581. The Morgan fingerprint density at radius 2 is 2.33 bits per heavy atom. The first kappa shape index (κ1) is 12.9. The highest BCUT2D eigenvalue weighted by molar-refractivity contribution is 7.91. The number of nitrogens with one attached hydrogen (secondary N) is 1. The Morgan fingerprint density at radius 3 is 2.80 bits per heavy atom. The zero-order chi connectivity index (χ0) is 11.5. The fourth-order valence-corrected chi connectivity index (χ4v) is 3.28. The summed E-state index contributed by atoms with van der Waals surface area (Å²) in [7, 11) is -3.42. The molecule has 86 valence electrons. The van der Waals surface area contributed by atoms with E-state index < -0.39 is 10.0 Å². The molecule has 1 unspecified atom stereocenters. The summed E-state index contributed by atoms with van der Waals surface area (Å²) in [6.45, 7) is 3.92. The van der Waals surface area contributed by atoms with E-state index in [9.17, 15) is 8.42 Å². The predicted octanol–water partition coefficient (Wildman–Crippen LogP) is 1.75. The second-order valence-corrected chi connectivity index (χ2v) is 6.90. The van der Waals surface area contributed by atoms with Gasteiger partial charge in [-0.1, -0.05) is 6.92 Å². The Kier molecular flexibility index (Phi) is 4.51. The van der Waals surface area contributed by atoms with Crippen LogP contribution < -0.4 is 4.72 Å². The van der Waals surface area contributed by atoms with Gasteiger partial charge in [-0.15, -0.1) is 22.9 Å². The van der Waals surface area contributed by atoms with Crippen molar-refractivity contribution in [3.63, 3.8) is 0 Å². The average molecular weight is 269 g/mol. The maximum Gasteiger partial charge on any atom is 0.251 e. The van der Waals surface area contributed by atoms with Crippen LogP contribution in [0.4, 0.5) is 0 Å².